The van der Waals surface area contributed by atoms with E-state index < -0.39 is 17.1 Å². The Balaban J connectivity index is 1.73. The second-order valence-corrected chi connectivity index (χ2v) is 5.35. The average molecular weight is 343 g/mol. The smallest absolute Gasteiger partial charge is 0.338 e. The Bertz CT molecular complexity index is 899. The first kappa shape index (κ1) is 16.4. The van der Waals surface area contributed by atoms with E-state index in [9.17, 15) is 19.2 Å². The molecule has 0 unspecified atom stereocenters. The van der Waals surface area contributed by atoms with E-state index in [0.717, 1.165) is 17.2 Å². The lowest BCUT2D eigenvalue weighted by molar-refractivity contribution is -0.121. The van der Waals surface area contributed by atoms with Crippen molar-refractivity contribution in [2.75, 3.05) is 4.90 Å². The van der Waals surface area contributed by atoms with Crippen molar-refractivity contribution < 1.29 is 28.6 Å². The summed E-state index contributed by atoms with van der Waals surface area (Å²) in [4.78, 5) is 48.0. The minimum absolute atomic E-state index is 0.0669. The summed E-state index contributed by atoms with van der Waals surface area (Å²) < 4.78 is 9.97. The van der Waals surface area contributed by atoms with Gasteiger partial charge < -0.3 is 14.3 Å². The third-order valence-corrected chi connectivity index (χ3v) is 3.60. The molecule has 0 saturated carbocycles. The van der Waals surface area contributed by atoms with Crippen molar-refractivity contribution in [2.24, 2.45) is 0 Å². The second-order valence-electron chi connectivity index (χ2n) is 5.35. The van der Waals surface area contributed by atoms with E-state index in [0.29, 0.717) is 5.69 Å². The van der Waals surface area contributed by atoms with Gasteiger partial charge in [-0.2, -0.15) is 0 Å². The molecule has 0 spiro atoms. The number of benzene rings is 1. The van der Waals surface area contributed by atoms with Gasteiger partial charge in [-0.1, -0.05) is 6.07 Å². The minimum atomic E-state index is -0.711. The van der Waals surface area contributed by atoms with Crippen LogP contribution in [0, 0.1) is 0 Å². The third-order valence-electron chi connectivity index (χ3n) is 3.60. The number of ether oxygens (including phenoxy) is 1. The molecule has 1 aliphatic rings. The van der Waals surface area contributed by atoms with Crippen LogP contribution in [-0.4, -0.2) is 22.9 Å². The molecule has 1 aliphatic heterocycles. The van der Waals surface area contributed by atoms with Gasteiger partial charge in [-0.3, -0.25) is 19.3 Å². The molecule has 8 heteroatoms. The Morgan fingerprint density at radius 2 is 1.88 bits per heavy atom. The summed E-state index contributed by atoms with van der Waals surface area (Å²) >= 11 is 0. The van der Waals surface area contributed by atoms with Crippen LogP contribution < -0.4 is 10.3 Å². The van der Waals surface area contributed by atoms with Crippen LogP contribution in [0.5, 0.6) is 5.75 Å². The van der Waals surface area contributed by atoms with Crippen LogP contribution >= 0.6 is 0 Å². The van der Waals surface area contributed by atoms with Gasteiger partial charge in [0, 0.05) is 18.9 Å². The maximum Gasteiger partial charge on any atom is 0.338 e. The van der Waals surface area contributed by atoms with Gasteiger partial charge in [0.25, 0.3) is 0 Å². The highest BCUT2D eigenvalue weighted by atomic mass is 16.5. The van der Waals surface area contributed by atoms with Gasteiger partial charge >= 0.3 is 5.97 Å². The molecule has 8 nitrogen and oxygen atoms in total. The lowest BCUT2D eigenvalue weighted by atomic mass is 10.2. The predicted molar refractivity (Wildman–Crippen MR) is 83.9 cm³/mol. The van der Waals surface area contributed by atoms with E-state index in [2.05, 4.69) is 0 Å². The number of hydrogen-bond donors (Lipinski definition) is 1. The second kappa shape index (κ2) is 6.60. The van der Waals surface area contributed by atoms with E-state index in [1.54, 1.807) is 6.07 Å². The lowest BCUT2D eigenvalue weighted by Crippen LogP contribution is -2.28. The van der Waals surface area contributed by atoms with Crippen LogP contribution in [0.3, 0.4) is 0 Å². The van der Waals surface area contributed by atoms with E-state index >= 15 is 0 Å². The zero-order chi connectivity index (χ0) is 18.0. The van der Waals surface area contributed by atoms with Gasteiger partial charge in [0.15, 0.2) is 5.75 Å². The number of carbonyl (C=O) groups excluding carboxylic acids is 3. The Morgan fingerprint density at radius 3 is 2.56 bits per heavy atom. The summed E-state index contributed by atoms with van der Waals surface area (Å²) in [5.41, 5.74) is -0.199. The number of rotatable bonds is 4. The topological polar surface area (TPSA) is 114 Å². The first-order valence-corrected chi connectivity index (χ1v) is 7.39. The quantitative estimate of drug-likeness (QED) is 0.658. The number of nitrogens with zero attached hydrogens (tertiary/aromatic N) is 1. The molecule has 1 aromatic heterocycles. The van der Waals surface area contributed by atoms with Crippen LogP contribution in [0.4, 0.5) is 5.69 Å². The van der Waals surface area contributed by atoms with Gasteiger partial charge in [-0.15, -0.1) is 0 Å². The molecule has 1 fully saturated rings. The minimum Gasteiger partial charge on any atom is -0.502 e. The Morgan fingerprint density at radius 1 is 1.16 bits per heavy atom. The first-order chi connectivity index (χ1) is 12.0. The van der Waals surface area contributed by atoms with Gasteiger partial charge in [0.1, 0.15) is 18.6 Å². The van der Waals surface area contributed by atoms with Crippen LogP contribution in [0.2, 0.25) is 0 Å². The summed E-state index contributed by atoms with van der Waals surface area (Å²) in [6, 6.07) is 6.96. The molecule has 25 heavy (non-hydrogen) atoms. The summed E-state index contributed by atoms with van der Waals surface area (Å²) in [6.45, 7) is -0.305. The maximum atomic E-state index is 12.1. The average Bonchev–Trinajstić information content (AvgIpc) is 2.94. The summed E-state index contributed by atoms with van der Waals surface area (Å²) in [7, 11) is 0. The van der Waals surface area contributed by atoms with Crippen molar-refractivity contribution >= 4 is 23.5 Å². The van der Waals surface area contributed by atoms with Gasteiger partial charge in [0.2, 0.25) is 17.2 Å². The van der Waals surface area contributed by atoms with E-state index in [1.807, 2.05) is 0 Å². The fraction of sp³-hybridized carbons (Fsp3) is 0.176. The SMILES string of the molecule is O=C(OCc1cc(=O)c(O)co1)c1cccc(N2C(=O)CCC2=O)c1. The third kappa shape index (κ3) is 3.42. The maximum absolute atomic E-state index is 12.1. The molecule has 1 N–H and O–H groups in total. The normalized spacial score (nSPS) is 14.0. The number of esters is 1. The number of amides is 2. The standard InChI is InChI=1S/C17H13NO7/c19-13-7-12(24-9-14(13)20)8-25-17(23)10-2-1-3-11(6-10)18-15(21)4-5-16(18)22/h1-3,6-7,9,20H,4-5,8H2. The van der Waals surface area contributed by atoms with Crippen molar-refractivity contribution in [3.05, 3.63) is 58.1 Å². The number of anilines is 1. The Kier molecular flexibility index (Phi) is 4.34. The van der Waals surface area contributed by atoms with Crippen molar-refractivity contribution in [3.63, 3.8) is 0 Å². The van der Waals surface area contributed by atoms with Gasteiger partial charge in [0.05, 0.1) is 11.3 Å². The molecule has 2 heterocycles. The van der Waals surface area contributed by atoms with Crippen LogP contribution in [0.1, 0.15) is 29.0 Å². The molecule has 2 aromatic rings. The van der Waals surface area contributed by atoms with Gasteiger partial charge in [-0.25, -0.2) is 4.79 Å². The lowest BCUT2D eigenvalue weighted by Gasteiger charge is -2.14. The molecule has 2 amide bonds. The molecule has 128 valence electrons. The zero-order valence-electron chi connectivity index (χ0n) is 12.9. The van der Waals surface area contributed by atoms with E-state index in [1.165, 1.54) is 18.2 Å². The molecular weight excluding hydrogens is 330 g/mol. The summed E-state index contributed by atoms with van der Waals surface area (Å²) in [5.74, 6) is -1.82. The molecule has 0 aliphatic carbocycles. The number of carbonyl (C=O) groups is 3. The molecule has 1 saturated heterocycles. The van der Waals surface area contributed by atoms with Crippen molar-refractivity contribution in [1.29, 1.82) is 0 Å². The highest BCUT2D eigenvalue weighted by Crippen LogP contribution is 2.23. The fourth-order valence-corrected chi connectivity index (χ4v) is 2.38. The van der Waals surface area contributed by atoms with Crippen molar-refractivity contribution in [1.82, 2.24) is 0 Å². The molecule has 0 bridgehead atoms. The number of aromatic hydroxyl groups is 1. The van der Waals surface area contributed by atoms with Crippen molar-refractivity contribution in [3.8, 4) is 5.75 Å². The predicted octanol–water partition coefficient (Wildman–Crippen LogP) is 1.36. The molecule has 0 atom stereocenters. The summed E-state index contributed by atoms with van der Waals surface area (Å²) in [5, 5.41) is 9.10. The molecule has 1 aromatic carbocycles. The highest BCUT2D eigenvalue weighted by molar-refractivity contribution is 6.20. The molecule has 3 rings (SSSR count). The molecule has 0 radical (unpaired) electrons. The van der Waals surface area contributed by atoms with Crippen molar-refractivity contribution in [2.45, 2.75) is 19.4 Å². The monoisotopic (exact) mass is 343 g/mol. The summed E-state index contributed by atoms with van der Waals surface area (Å²) in [6.07, 6.45) is 1.15. The van der Waals surface area contributed by atoms with Gasteiger partial charge in [-0.05, 0) is 18.2 Å². The van der Waals surface area contributed by atoms with Crippen LogP contribution in [0.15, 0.2) is 45.8 Å². The first-order valence-electron chi connectivity index (χ1n) is 7.39. The van der Waals surface area contributed by atoms with E-state index in [4.69, 9.17) is 14.3 Å². The van der Waals surface area contributed by atoms with E-state index in [-0.39, 0.29) is 42.6 Å². The number of imide groups is 1. The zero-order valence-corrected chi connectivity index (χ0v) is 12.9. The van der Waals surface area contributed by atoms with Crippen LogP contribution in [-0.2, 0) is 20.9 Å². The fourth-order valence-electron chi connectivity index (χ4n) is 2.38. The Labute approximate surface area is 141 Å². The van der Waals surface area contributed by atoms with Crippen LogP contribution in [0.25, 0.3) is 0 Å². The highest BCUT2D eigenvalue weighted by Gasteiger charge is 2.30. The number of hydrogen-bond acceptors (Lipinski definition) is 7. The largest absolute Gasteiger partial charge is 0.502 e. The Hall–Kier alpha value is -3.42. The molecular formula is C17H13NO7.